The summed E-state index contributed by atoms with van der Waals surface area (Å²) >= 11 is 8.00. The van der Waals surface area contributed by atoms with Gasteiger partial charge in [-0.05, 0) is 32.3 Å². The molecule has 0 unspecified atom stereocenters. The van der Waals surface area contributed by atoms with Crippen molar-refractivity contribution < 1.29 is 9.72 Å². The Bertz CT molecular complexity index is 994. The number of hydrogen-bond donors (Lipinski definition) is 0. The second-order valence-corrected chi connectivity index (χ2v) is 8.88. The van der Waals surface area contributed by atoms with Gasteiger partial charge >= 0.3 is 0 Å². The smallest absolute Gasteiger partial charge is 0.281 e. The number of ether oxygens (including phenoxy) is 1. The first-order valence-electron chi connectivity index (χ1n) is 8.72. The van der Waals surface area contributed by atoms with Crippen LogP contribution < -0.4 is 9.88 Å². The predicted molar refractivity (Wildman–Crippen MR) is 101 cm³/mol. The van der Waals surface area contributed by atoms with Crippen molar-refractivity contribution in [3.05, 3.63) is 22.6 Å². The summed E-state index contributed by atoms with van der Waals surface area (Å²) in [6.45, 7) is 7.15. The molecule has 0 bridgehead atoms. The van der Waals surface area contributed by atoms with Gasteiger partial charge in [-0.2, -0.15) is 0 Å². The summed E-state index contributed by atoms with van der Waals surface area (Å²) in [6.07, 6.45) is 4.93. The number of H-pyrrole nitrogens is 1. The zero-order chi connectivity index (χ0) is 17.2. The highest BCUT2D eigenvalue weighted by atomic mass is 35.5. The molecule has 5 heterocycles. The van der Waals surface area contributed by atoms with Crippen LogP contribution in [-0.2, 0) is 17.8 Å². The third kappa shape index (κ3) is 2.42. The Morgan fingerprint density at radius 3 is 2.84 bits per heavy atom. The van der Waals surface area contributed by atoms with E-state index in [0.29, 0.717) is 11.8 Å². The second kappa shape index (κ2) is 5.50. The van der Waals surface area contributed by atoms with Gasteiger partial charge in [-0.1, -0.05) is 22.9 Å². The maximum Gasteiger partial charge on any atom is 0.281 e. The Balaban J connectivity index is 1.86. The molecule has 3 aromatic rings. The molecule has 0 aromatic carbocycles. The molecule has 0 saturated carbocycles. The van der Waals surface area contributed by atoms with Gasteiger partial charge in [-0.3, -0.25) is 4.90 Å². The maximum atomic E-state index is 6.34. The van der Waals surface area contributed by atoms with E-state index in [2.05, 4.69) is 33.7 Å². The molecule has 0 aliphatic carbocycles. The van der Waals surface area contributed by atoms with E-state index >= 15 is 0 Å². The molecule has 7 heteroatoms. The molecular formula is C18H20ClN4OS+. The average Bonchev–Trinajstić information content (AvgIpc) is 3.21. The fourth-order valence-corrected chi connectivity index (χ4v) is 5.34. The van der Waals surface area contributed by atoms with Crippen molar-refractivity contribution in [3.8, 4) is 0 Å². The van der Waals surface area contributed by atoms with E-state index in [1.807, 2.05) is 0 Å². The van der Waals surface area contributed by atoms with Crippen LogP contribution in [0, 0.1) is 0 Å². The first-order chi connectivity index (χ1) is 12.0. The third-order valence-corrected chi connectivity index (χ3v) is 6.74. The third-order valence-electron chi connectivity index (χ3n) is 5.24. The molecule has 0 atom stereocenters. The molecule has 0 spiro atoms. The number of hydrogen-bond acceptors (Lipinski definition) is 5. The van der Waals surface area contributed by atoms with Crippen LogP contribution in [0.2, 0.25) is 5.15 Å². The van der Waals surface area contributed by atoms with Gasteiger partial charge in [-0.25, -0.2) is 15.0 Å². The molecule has 5 nitrogen and oxygen atoms in total. The molecule has 2 aliphatic heterocycles. The van der Waals surface area contributed by atoms with Gasteiger partial charge in [-0.15, -0.1) is 0 Å². The molecule has 3 aromatic heterocycles. The number of fused-ring (bicyclic) bond motifs is 5. The van der Waals surface area contributed by atoms with Crippen molar-refractivity contribution in [3.63, 3.8) is 0 Å². The minimum absolute atomic E-state index is 0.172. The highest BCUT2D eigenvalue weighted by Crippen LogP contribution is 2.42. The molecule has 130 valence electrons. The minimum Gasteiger partial charge on any atom is -0.370 e. The van der Waals surface area contributed by atoms with Gasteiger partial charge in [0, 0.05) is 6.42 Å². The van der Waals surface area contributed by atoms with Crippen molar-refractivity contribution in [2.75, 3.05) is 18.0 Å². The van der Waals surface area contributed by atoms with E-state index in [9.17, 15) is 0 Å². The van der Waals surface area contributed by atoms with Gasteiger partial charge < -0.3 is 4.74 Å². The number of nitrogens with zero attached hydrogens (tertiary/aromatic N) is 3. The van der Waals surface area contributed by atoms with E-state index in [0.717, 1.165) is 34.6 Å². The lowest BCUT2D eigenvalue weighted by molar-refractivity contribution is -0.328. The highest BCUT2D eigenvalue weighted by molar-refractivity contribution is 7.25. The van der Waals surface area contributed by atoms with Crippen molar-refractivity contribution in [2.45, 2.75) is 45.3 Å². The van der Waals surface area contributed by atoms with E-state index in [1.54, 1.807) is 17.7 Å². The normalized spacial score (nSPS) is 19.7. The van der Waals surface area contributed by atoms with Gasteiger partial charge in [0.15, 0.2) is 4.83 Å². The molecule has 0 amide bonds. The van der Waals surface area contributed by atoms with Crippen molar-refractivity contribution in [1.29, 1.82) is 0 Å². The number of pyridine rings is 1. The van der Waals surface area contributed by atoms with Crippen LogP contribution >= 0.6 is 22.9 Å². The van der Waals surface area contributed by atoms with Crippen molar-refractivity contribution >= 4 is 49.2 Å². The molecule has 5 rings (SSSR count). The number of anilines is 1. The number of nitrogens with one attached hydrogen (secondary N) is 1. The zero-order valence-corrected chi connectivity index (χ0v) is 15.9. The van der Waals surface area contributed by atoms with Crippen LogP contribution in [0.25, 0.3) is 20.4 Å². The first kappa shape index (κ1) is 15.7. The summed E-state index contributed by atoms with van der Waals surface area (Å²) in [7, 11) is 0. The Labute approximate surface area is 155 Å². The van der Waals surface area contributed by atoms with Gasteiger partial charge in [0.05, 0.1) is 46.5 Å². The predicted octanol–water partition coefficient (Wildman–Crippen LogP) is 3.76. The SMILES string of the molecule is CC1(C)Cc2c(c(N3CCCC3)[nH+]c3sc4c(Cl)ncnc4c23)CO1. The number of aromatic nitrogens is 3. The second-order valence-electron chi connectivity index (χ2n) is 7.50. The van der Waals surface area contributed by atoms with Crippen molar-refractivity contribution in [2.24, 2.45) is 0 Å². The number of rotatable bonds is 1. The Hall–Kier alpha value is -1.50. The summed E-state index contributed by atoms with van der Waals surface area (Å²) in [5, 5.41) is 1.72. The van der Waals surface area contributed by atoms with Crippen LogP contribution in [0.3, 0.4) is 0 Å². The fourth-order valence-electron chi connectivity index (χ4n) is 4.03. The fraction of sp³-hybridized carbons (Fsp3) is 0.500. The Kier molecular flexibility index (Phi) is 3.46. The van der Waals surface area contributed by atoms with Crippen LogP contribution in [0.4, 0.5) is 5.82 Å². The van der Waals surface area contributed by atoms with Crippen LogP contribution in [0.5, 0.6) is 0 Å². The summed E-state index contributed by atoms with van der Waals surface area (Å²) in [6, 6.07) is 0. The molecular weight excluding hydrogens is 356 g/mol. The largest absolute Gasteiger partial charge is 0.370 e. The zero-order valence-electron chi connectivity index (χ0n) is 14.4. The van der Waals surface area contributed by atoms with Gasteiger partial charge in [0.1, 0.15) is 11.5 Å². The summed E-state index contributed by atoms with van der Waals surface area (Å²) in [4.78, 5) is 16.0. The van der Waals surface area contributed by atoms with Crippen molar-refractivity contribution in [1.82, 2.24) is 9.97 Å². The highest BCUT2D eigenvalue weighted by Gasteiger charge is 2.36. The summed E-state index contributed by atoms with van der Waals surface area (Å²) in [5.41, 5.74) is 3.42. The quantitative estimate of drug-likeness (QED) is 0.607. The maximum absolute atomic E-state index is 6.34. The van der Waals surface area contributed by atoms with E-state index < -0.39 is 0 Å². The van der Waals surface area contributed by atoms with Crippen LogP contribution in [-0.4, -0.2) is 28.7 Å². The lowest BCUT2D eigenvalue weighted by Crippen LogP contribution is -2.36. The first-order valence-corrected chi connectivity index (χ1v) is 9.91. The molecule has 1 saturated heterocycles. The lowest BCUT2D eigenvalue weighted by Gasteiger charge is -2.32. The molecule has 25 heavy (non-hydrogen) atoms. The molecule has 1 fully saturated rings. The monoisotopic (exact) mass is 375 g/mol. The van der Waals surface area contributed by atoms with E-state index in [1.165, 1.54) is 35.2 Å². The topological polar surface area (TPSA) is 52.4 Å². The average molecular weight is 376 g/mol. The Morgan fingerprint density at radius 1 is 1.24 bits per heavy atom. The summed E-state index contributed by atoms with van der Waals surface area (Å²) in [5.74, 6) is 1.21. The van der Waals surface area contributed by atoms with Crippen LogP contribution in [0.15, 0.2) is 6.33 Å². The van der Waals surface area contributed by atoms with E-state index in [-0.39, 0.29) is 5.60 Å². The molecule has 0 radical (unpaired) electrons. The number of halogens is 1. The minimum atomic E-state index is -0.172. The summed E-state index contributed by atoms with van der Waals surface area (Å²) < 4.78 is 7.11. The van der Waals surface area contributed by atoms with Gasteiger partial charge in [0.25, 0.3) is 5.82 Å². The lowest BCUT2D eigenvalue weighted by atomic mass is 9.90. The number of aromatic amines is 1. The van der Waals surface area contributed by atoms with Gasteiger partial charge in [0.2, 0.25) is 0 Å². The Morgan fingerprint density at radius 2 is 2.04 bits per heavy atom. The standard InChI is InChI=1S/C18H19ClN4OS/c1-18(2)7-10-11(8-24-18)16(23-5-3-4-6-23)22-17-12(10)13-14(25-17)15(19)21-9-20-13/h9H,3-8H2,1-2H3/p+1. The molecule has 1 N–H and O–H groups in total. The van der Waals surface area contributed by atoms with E-state index in [4.69, 9.17) is 16.3 Å². The number of thiophene rings is 1. The molecule has 2 aliphatic rings. The van der Waals surface area contributed by atoms with Crippen LogP contribution in [0.1, 0.15) is 37.8 Å².